The summed E-state index contributed by atoms with van der Waals surface area (Å²) < 4.78 is 11.3. The molecule has 0 aliphatic rings. The molecule has 0 spiro atoms. The fraction of sp³-hybridized carbons (Fsp3) is 0. The summed E-state index contributed by atoms with van der Waals surface area (Å²) >= 11 is 0. The van der Waals surface area contributed by atoms with Crippen molar-refractivity contribution < 1.29 is 4.42 Å². The molecule has 0 unspecified atom stereocenters. The summed E-state index contributed by atoms with van der Waals surface area (Å²) in [6.45, 7) is 0. The molecule has 0 radical (unpaired) electrons. The maximum absolute atomic E-state index is 6.83. The first-order chi connectivity index (χ1) is 30.2. The number of fused-ring (bicyclic) bond motifs is 10. The lowest BCUT2D eigenvalue weighted by molar-refractivity contribution is 0.666. The molecule has 61 heavy (non-hydrogen) atoms. The standard InChI is InChI=1S/C55H33N5O/c1-2-14-34(15-3-1)35-26-28-36(29-27-35)53-56-54(58-55(57-53)60-47-23-11-6-18-40(47)41-19-7-12-24-48(41)60)39-31-45-43-21-9-13-25-51(43)61-52(45)50(33-39)59-46-22-10-8-20-42(46)44-30-37-16-4-5-17-38(37)32-49(44)59/h1-33H. The van der Waals surface area contributed by atoms with Crippen LogP contribution in [0.2, 0.25) is 0 Å². The number of rotatable bonds is 5. The number of hydrogen-bond donors (Lipinski definition) is 0. The normalized spacial score (nSPS) is 11.9. The Kier molecular flexibility index (Phi) is 7.21. The van der Waals surface area contributed by atoms with E-state index in [2.05, 4.69) is 191 Å². The Labute approximate surface area is 349 Å². The molecule has 0 atom stereocenters. The second-order valence-electron chi connectivity index (χ2n) is 15.6. The number of para-hydroxylation sites is 4. The van der Waals surface area contributed by atoms with Gasteiger partial charge in [-0.05, 0) is 70.4 Å². The minimum atomic E-state index is 0.548. The summed E-state index contributed by atoms with van der Waals surface area (Å²) in [7, 11) is 0. The zero-order valence-corrected chi connectivity index (χ0v) is 32.7. The summed E-state index contributed by atoms with van der Waals surface area (Å²) in [6.07, 6.45) is 0. The molecule has 0 bridgehead atoms. The van der Waals surface area contributed by atoms with Gasteiger partial charge >= 0.3 is 0 Å². The maximum Gasteiger partial charge on any atom is 0.238 e. The molecular formula is C55H33N5O. The van der Waals surface area contributed by atoms with Gasteiger partial charge in [0.05, 0.1) is 27.8 Å². The van der Waals surface area contributed by atoms with Crippen molar-refractivity contribution in [2.45, 2.75) is 0 Å². The summed E-state index contributed by atoms with van der Waals surface area (Å²) in [6, 6.07) is 70.3. The second kappa shape index (κ2) is 13.1. The second-order valence-corrected chi connectivity index (χ2v) is 15.6. The topological polar surface area (TPSA) is 61.7 Å². The monoisotopic (exact) mass is 779 g/mol. The Bertz CT molecular complexity index is 3820. The third-order valence-corrected chi connectivity index (χ3v) is 12.2. The highest BCUT2D eigenvalue weighted by Gasteiger charge is 2.23. The van der Waals surface area contributed by atoms with Gasteiger partial charge in [-0.1, -0.05) is 152 Å². The molecule has 0 fully saturated rings. The van der Waals surface area contributed by atoms with Crippen molar-refractivity contribution in [3.05, 3.63) is 200 Å². The van der Waals surface area contributed by atoms with E-state index in [1.807, 2.05) is 18.2 Å². The zero-order chi connectivity index (χ0) is 40.0. The van der Waals surface area contributed by atoms with Gasteiger partial charge in [0.2, 0.25) is 5.95 Å². The van der Waals surface area contributed by atoms with Gasteiger partial charge in [0.15, 0.2) is 17.2 Å². The molecule has 6 nitrogen and oxygen atoms in total. The molecule has 4 heterocycles. The molecule has 6 heteroatoms. The Morgan fingerprint density at radius 2 is 0.852 bits per heavy atom. The molecule has 0 saturated carbocycles. The minimum absolute atomic E-state index is 0.548. The smallest absolute Gasteiger partial charge is 0.238 e. The van der Waals surface area contributed by atoms with Crippen molar-refractivity contribution in [3.8, 4) is 45.5 Å². The Hall–Kier alpha value is -8.35. The van der Waals surface area contributed by atoms with Crippen LogP contribution in [0.15, 0.2) is 205 Å². The first-order valence-corrected chi connectivity index (χ1v) is 20.5. The van der Waals surface area contributed by atoms with Crippen LogP contribution in [0.3, 0.4) is 0 Å². The lowest BCUT2D eigenvalue weighted by atomic mass is 10.0. The summed E-state index contributed by atoms with van der Waals surface area (Å²) in [4.78, 5) is 16.0. The van der Waals surface area contributed by atoms with Gasteiger partial charge in [-0.3, -0.25) is 4.57 Å². The quantitative estimate of drug-likeness (QED) is 0.175. The lowest BCUT2D eigenvalue weighted by Crippen LogP contribution is -2.06. The Morgan fingerprint density at radius 1 is 0.328 bits per heavy atom. The van der Waals surface area contributed by atoms with Crippen LogP contribution in [-0.4, -0.2) is 24.1 Å². The Balaban J connectivity index is 1.11. The lowest BCUT2D eigenvalue weighted by Gasteiger charge is -2.14. The predicted octanol–water partition coefficient (Wildman–Crippen LogP) is 14.1. The van der Waals surface area contributed by atoms with Crippen molar-refractivity contribution in [3.63, 3.8) is 0 Å². The van der Waals surface area contributed by atoms with E-state index in [1.165, 1.54) is 21.5 Å². The van der Waals surface area contributed by atoms with Crippen molar-refractivity contribution in [2.24, 2.45) is 0 Å². The molecule has 284 valence electrons. The van der Waals surface area contributed by atoms with E-state index in [0.29, 0.717) is 17.6 Å². The fourth-order valence-electron chi connectivity index (χ4n) is 9.32. The molecule has 13 rings (SSSR count). The molecule has 0 aliphatic carbocycles. The molecule has 0 amide bonds. The molecule has 0 N–H and O–H groups in total. The largest absolute Gasteiger partial charge is 0.454 e. The highest BCUT2D eigenvalue weighted by molar-refractivity contribution is 6.16. The maximum atomic E-state index is 6.83. The van der Waals surface area contributed by atoms with Crippen LogP contribution in [0.5, 0.6) is 0 Å². The molecular weight excluding hydrogens is 747 g/mol. The first kappa shape index (κ1) is 33.6. The average molecular weight is 780 g/mol. The molecule has 4 aromatic heterocycles. The van der Waals surface area contributed by atoms with Crippen molar-refractivity contribution in [2.75, 3.05) is 0 Å². The van der Waals surface area contributed by atoms with Gasteiger partial charge in [0.1, 0.15) is 5.58 Å². The SMILES string of the molecule is c1ccc(-c2ccc(-c3nc(-c4cc(-n5c6ccccc6c6cc7ccccc7cc65)c5oc6ccccc6c5c4)nc(-n4c5ccccc5c5ccccc54)n3)cc2)cc1. The van der Waals surface area contributed by atoms with Gasteiger partial charge in [0, 0.05) is 43.4 Å². The number of aromatic nitrogens is 5. The van der Waals surface area contributed by atoms with Gasteiger partial charge in [-0.25, -0.2) is 4.98 Å². The van der Waals surface area contributed by atoms with Gasteiger partial charge in [-0.2, -0.15) is 9.97 Å². The fourth-order valence-corrected chi connectivity index (χ4v) is 9.32. The highest BCUT2D eigenvalue weighted by Crippen LogP contribution is 2.42. The van der Waals surface area contributed by atoms with E-state index < -0.39 is 0 Å². The van der Waals surface area contributed by atoms with E-state index in [-0.39, 0.29) is 0 Å². The van der Waals surface area contributed by atoms with Crippen LogP contribution in [0.4, 0.5) is 0 Å². The van der Waals surface area contributed by atoms with Crippen molar-refractivity contribution in [1.29, 1.82) is 0 Å². The minimum Gasteiger partial charge on any atom is -0.454 e. The number of benzene rings is 9. The summed E-state index contributed by atoms with van der Waals surface area (Å²) in [5, 5.41) is 9.03. The van der Waals surface area contributed by atoms with E-state index in [1.54, 1.807) is 0 Å². The van der Waals surface area contributed by atoms with Crippen LogP contribution in [0, 0.1) is 0 Å². The average Bonchev–Trinajstić information content (AvgIpc) is 3.98. The van der Waals surface area contributed by atoms with Gasteiger partial charge in [-0.15, -0.1) is 0 Å². The first-order valence-electron chi connectivity index (χ1n) is 20.5. The third kappa shape index (κ3) is 5.19. The Morgan fingerprint density at radius 3 is 1.56 bits per heavy atom. The zero-order valence-electron chi connectivity index (χ0n) is 32.7. The third-order valence-electron chi connectivity index (χ3n) is 12.2. The van der Waals surface area contributed by atoms with Crippen LogP contribution in [0.25, 0.3) is 122 Å². The number of furan rings is 1. The van der Waals surface area contributed by atoms with Gasteiger partial charge in [0.25, 0.3) is 0 Å². The van der Waals surface area contributed by atoms with Gasteiger partial charge < -0.3 is 8.98 Å². The predicted molar refractivity (Wildman–Crippen MR) is 250 cm³/mol. The van der Waals surface area contributed by atoms with E-state index in [4.69, 9.17) is 19.4 Å². The van der Waals surface area contributed by atoms with E-state index in [9.17, 15) is 0 Å². The van der Waals surface area contributed by atoms with Crippen LogP contribution in [0.1, 0.15) is 0 Å². The van der Waals surface area contributed by atoms with Crippen molar-refractivity contribution in [1.82, 2.24) is 24.1 Å². The van der Waals surface area contributed by atoms with E-state index >= 15 is 0 Å². The van der Waals surface area contributed by atoms with Crippen molar-refractivity contribution >= 4 is 76.3 Å². The number of nitrogens with zero attached hydrogens (tertiary/aromatic N) is 5. The molecule has 0 aliphatic heterocycles. The molecule has 9 aromatic carbocycles. The summed E-state index contributed by atoms with van der Waals surface area (Å²) in [5.41, 5.74) is 10.8. The highest BCUT2D eigenvalue weighted by atomic mass is 16.3. The summed E-state index contributed by atoms with van der Waals surface area (Å²) in [5.74, 6) is 1.70. The molecule has 0 saturated heterocycles. The van der Waals surface area contributed by atoms with Crippen LogP contribution in [-0.2, 0) is 0 Å². The molecule has 13 aromatic rings. The van der Waals surface area contributed by atoms with E-state index in [0.717, 1.165) is 82.7 Å². The number of hydrogen-bond acceptors (Lipinski definition) is 4. The van der Waals surface area contributed by atoms with Crippen LogP contribution >= 0.6 is 0 Å². The van der Waals surface area contributed by atoms with Crippen LogP contribution < -0.4 is 0 Å².